The zero-order chi connectivity index (χ0) is 35.9. The number of carbonyl (C=O) groups excluding carboxylic acids is 1. The fraction of sp³-hybridized carbons (Fsp3) is 0.433. The summed E-state index contributed by atoms with van der Waals surface area (Å²) in [6.07, 6.45) is -8.14. The van der Waals surface area contributed by atoms with E-state index in [1.165, 1.54) is 24.3 Å². The number of rotatable bonds is 10. The van der Waals surface area contributed by atoms with Gasteiger partial charge in [-0.05, 0) is 35.4 Å². The lowest BCUT2D eigenvalue weighted by atomic mass is 9.91. The normalized spacial score (nSPS) is 17.0. The Balaban J connectivity index is 0.000000694. The van der Waals surface area contributed by atoms with E-state index in [9.17, 15) is 49.1 Å². The van der Waals surface area contributed by atoms with Crippen molar-refractivity contribution in [3.05, 3.63) is 82.9 Å². The number of hydrogen-bond donors (Lipinski definition) is 2. The van der Waals surface area contributed by atoms with Gasteiger partial charge in [0.2, 0.25) is 0 Å². The summed E-state index contributed by atoms with van der Waals surface area (Å²) >= 11 is 0. The molecule has 2 aromatic rings. The molecule has 1 spiro atoms. The highest BCUT2D eigenvalue weighted by molar-refractivity contribution is 7.90. The number of likely N-dealkylation sites (tertiary alicyclic amines) is 1. The molecule has 2 aromatic carbocycles. The summed E-state index contributed by atoms with van der Waals surface area (Å²) in [5.41, 5.74) is -2.56. The lowest BCUT2D eigenvalue weighted by Crippen LogP contribution is -2.47. The van der Waals surface area contributed by atoms with Crippen molar-refractivity contribution in [2.24, 2.45) is 0 Å². The second-order valence-electron chi connectivity index (χ2n) is 11.2. The quantitative estimate of drug-likeness (QED) is 0.259. The van der Waals surface area contributed by atoms with Crippen LogP contribution < -0.4 is 0 Å². The van der Waals surface area contributed by atoms with E-state index in [2.05, 4.69) is 0 Å². The summed E-state index contributed by atoms with van der Waals surface area (Å²) in [4.78, 5) is 34.4. The molecule has 0 saturated carbocycles. The van der Waals surface area contributed by atoms with E-state index >= 15 is 0 Å². The van der Waals surface area contributed by atoms with Crippen LogP contribution in [0.15, 0.2) is 60.7 Å². The van der Waals surface area contributed by atoms with Gasteiger partial charge in [0, 0.05) is 50.9 Å². The monoisotopic (exact) mass is 710 g/mol. The first-order valence-corrected chi connectivity index (χ1v) is 16.2. The first kappa shape index (κ1) is 38.3. The summed E-state index contributed by atoms with van der Waals surface area (Å²) < 4.78 is 115. The smallest absolute Gasteiger partial charge is 0.416 e. The largest absolute Gasteiger partial charge is 0.478 e. The second-order valence-corrected chi connectivity index (χ2v) is 13.3. The van der Waals surface area contributed by atoms with Gasteiger partial charge in [-0.2, -0.15) is 26.3 Å². The van der Waals surface area contributed by atoms with Gasteiger partial charge in [0.1, 0.15) is 17.6 Å². The second kappa shape index (κ2) is 15.4. The first-order valence-electron chi connectivity index (χ1n) is 14.2. The summed E-state index contributed by atoms with van der Waals surface area (Å²) in [5, 5.41) is 15.6. The molecule has 4 rings (SSSR count). The van der Waals surface area contributed by atoms with Gasteiger partial charge < -0.3 is 24.6 Å². The number of carbonyl (C=O) groups is 3. The van der Waals surface area contributed by atoms with Gasteiger partial charge in [-0.3, -0.25) is 4.90 Å². The number of piperidine rings is 1. The third kappa shape index (κ3) is 11.5. The standard InChI is InChI=1S/C26H28F6N2O5S.C4H4O4/c1-40(36,37)17-34-16-24(39-23(34)35)8-10-33(11-9-24)12-13-38-22(18-4-2-6-20(14-18)25(27,28)29)19-5-3-7-21(15-19)26(30,31)32;5-3(6)1-2-4(7)8/h2-7,14-15,22H,8-13,16-17H2,1H3;1-2H,(H,5,6)(H,7,8)/b;2-1+. The number of carboxylic acid groups (broad SMARTS) is 2. The molecule has 2 N–H and O–H groups in total. The predicted octanol–water partition coefficient (Wildman–Crippen LogP) is 4.83. The van der Waals surface area contributed by atoms with Crippen molar-refractivity contribution in [2.45, 2.75) is 36.9 Å². The van der Waals surface area contributed by atoms with E-state index in [1.54, 1.807) is 0 Å². The highest BCUT2D eigenvalue weighted by atomic mass is 32.2. The molecule has 0 aromatic heterocycles. The van der Waals surface area contributed by atoms with Crippen molar-refractivity contribution in [1.29, 1.82) is 0 Å². The van der Waals surface area contributed by atoms with Crippen LogP contribution in [0.1, 0.15) is 41.2 Å². The van der Waals surface area contributed by atoms with Crippen LogP contribution in [0.2, 0.25) is 0 Å². The lowest BCUT2D eigenvalue weighted by molar-refractivity contribution is -0.138. The van der Waals surface area contributed by atoms with Crippen molar-refractivity contribution in [3.8, 4) is 0 Å². The van der Waals surface area contributed by atoms with Crippen molar-refractivity contribution in [3.63, 3.8) is 0 Å². The lowest BCUT2D eigenvalue weighted by Gasteiger charge is -2.37. The SMILES string of the molecule is CS(=O)(=O)CN1CC2(CCN(CCOC(c3cccc(C(F)(F)F)c3)c3cccc(C(F)(F)F)c3)CC2)OC1=O.O=C(O)/C=C/C(=O)O. The molecule has 2 heterocycles. The number of alkyl halides is 6. The summed E-state index contributed by atoms with van der Waals surface area (Å²) in [5.74, 6) is -2.95. The molecule has 11 nitrogen and oxygen atoms in total. The number of carboxylic acids is 2. The van der Waals surface area contributed by atoms with Gasteiger partial charge in [0.05, 0.1) is 24.3 Å². The third-order valence-corrected chi connectivity index (χ3v) is 8.07. The molecule has 1 amide bonds. The van der Waals surface area contributed by atoms with Gasteiger partial charge in [-0.1, -0.05) is 24.3 Å². The minimum atomic E-state index is -4.64. The van der Waals surface area contributed by atoms with E-state index in [1.807, 2.05) is 4.90 Å². The molecule has 0 bridgehead atoms. The van der Waals surface area contributed by atoms with Crippen LogP contribution in [0.3, 0.4) is 0 Å². The molecular formula is C30H32F6N2O9S. The minimum absolute atomic E-state index is 0.00412. The molecule has 18 heteroatoms. The summed E-state index contributed by atoms with van der Waals surface area (Å²) in [7, 11) is -3.42. The third-order valence-electron chi connectivity index (χ3n) is 7.29. The van der Waals surface area contributed by atoms with E-state index in [0.29, 0.717) is 44.6 Å². The summed E-state index contributed by atoms with van der Waals surface area (Å²) in [6, 6.07) is 8.61. The maximum absolute atomic E-state index is 13.3. The fourth-order valence-corrected chi connectivity index (χ4v) is 5.87. The van der Waals surface area contributed by atoms with Gasteiger partial charge in [-0.25, -0.2) is 22.8 Å². The summed E-state index contributed by atoms with van der Waals surface area (Å²) in [6.45, 7) is 1.42. The minimum Gasteiger partial charge on any atom is -0.478 e. The molecule has 0 unspecified atom stereocenters. The number of ether oxygens (including phenoxy) is 2. The van der Waals surface area contributed by atoms with E-state index in [-0.39, 0.29) is 24.3 Å². The van der Waals surface area contributed by atoms with Crippen LogP contribution in [0, 0.1) is 0 Å². The first-order chi connectivity index (χ1) is 22.2. The molecule has 48 heavy (non-hydrogen) atoms. The van der Waals surface area contributed by atoms with Crippen molar-refractivity contribution in [2.75, 3.05) is 44.9 Å². The van der Waals surface area contributed by atoms with Gasteiger partial charge in [0.15, 0.2) is 9.84 Å². The number of amides is 1. The van der Waals surface area contributed by atoms with Crippen LogP contribution in [-0.2, 0) is 41.3 Å². The molecule has 2 aliphatic heterocycles. The topological polar surface area (TPSA) is 151 Å². The molecular weight excluding hydrogens is 678 g/mol. The molecule has 0 radical (unpaired) electrons. The van der Waals surface area contributed by atoms with Gasteiger partial charge in [-0.15, -0.1) is 0 Å². The van der Waals surface area contributed by atoms with E-state index in [4.69, 9.17) is 19.7 Å². The Morgan fingerprint density at radius 2 is 1.42 bits per heavy atom. The molecule has 0 atom stereocenters. The van der Waals surface area contributed by atoms with Gasteiger partial charge in [0.25, 0.3) is 0 Å². The Bertz CT molecular complexity index is 1530. The number of hydrogen-bond acceptors (Lipinski definition) is 8. The van der Waals surface area contributed by atoms with E-state index < -0.39 is 68.9 Å². The fourth-order valence-electron chi connectivity index (χ4n) is 5.10. The van der Waals surface area contributed by atoms with E-state index in [0.717, 1.165) is 35.4 Å². The van der Waals surface area contributed by atoms with Crippen LogP contribution >= 0.6 is 0 Å². The van der Waals surface area contributed by atoms with Crippen LogP contribution in [0.25, 0.3) is 0 Å². The Morgan fingerprint density at radius 1 is 0.938 bits per heavy atom. The Hall–Kier alpha value is -4.16. The van der Waals surface area contributed by atoms with Crippen LogP contribution in [0.4, 0.5) is 31.1 Å². The maximum atomic E-state index is 13.3. The Morgan fingerprint density at radius 3 is 1.83 bits per heavy atom. The van der Waals surface area contributed by atoms with Gasteiger partial charge >= 0.3 is 30.4 Å². The average molecular weight is 711 g/mol. The predicted molar refractivity (Wildman–Crippen MR) is 156 cm³/mol. The maximum Gasteiger partial charge on any atom is 0.416 e. The number of benzene rings is 2. The Kier molecular flexibility index (Phi) is 12.3. The zero-order valence-electron chi connectivity index (χ0n) is 25.3. The highest BCUT2D eigenvalue weighted by Crippen LogP contribution is 2.37. The molecule has 0 aliphatic carbocycles. The van der Waals surface area contributed by atoms with Crippen LogP contribution in [-0.4, -0.2) is 97.0 Å². The highest BCUT2D eigenvalue weighted by Gasteiger charge is 2.47. The number of sulfone groups is 1. The number of nitrogens with zero attached hydrogens (tertiary/aromatic N) is 2. The molecule has 2 aliphatic rings. The molecule has 264 valence electrons. The van der Waals surface area contributed by atoms with Crippen LogP contribution in [0.5, 0.6) is 0 Å². The number of aliphatic carboxylic acids is 2. The zero-order valence-corrected chi connectivity index (χ0v) is 26.1. The van der Waals surface area contributed by atoms with Crippen molar-refractivity contribution >= 4 is 27.9 Å². The molecule has 2 saturated heterocycles. The van der Waals surface area contributed by atoms with Crippen molar-refractivity contribution < 1.29 is 68.8 Å². The average Bonchev–Trinajstić information content (AvgIpc) is 3.27. The Labute approximate surface area is 271 Å². The van der Waals surface area contributed by atoms with Crippen molar-refractivity contribution in [1.82, 2.24) is 9.80 Å². The number of halogens is 6. The molecule has 2 fully saturated rings.